The van der Waals surface area contributed by atoms with Crippen molar-refractivity contribution in [3.8, 4) is 6.07 Å². The fourth-order valence-corrected chi connectivity index (χ4v) is 2.45. The maximum absolute atomic E-state index is 11.7. The second-order valence-electron chi connectivity index (χ2n) is 4.96. The quantitative estimate of drug-likeness (QED) is 0.808. The van der Waals surface area contributed by atoms with Crippen LogP contribution in [0.4, 0.5) is 4.79 Å². The van der Waals surface area contributed by atoms with Gasteiger partial charge in [-0.3, -0.25) is 4.79 Å². The highest BCUT2D eigenvalue weighted by Gasteiger charge is 2.29. The van der Waals surface area contributed by atoms with Gasteiger partial charge in [-0.1, -0.05) is 0 Å². The minimum absolute atomic E-state index is 0.333. The first kappa shape index (κ1) is 14.6. The van der Waals surface area contributed by atoms with E-state index in [1.54, 1.807) is 0 Å². The van der Waals surface area contributed by atoms with Crippen molar-refractivity contribution >= 4 is 23.8 Å². The summed E-state index contributed by atoms with van der Waals surface area (Å²) in [5.74, 6) is 0.744. The van der Waals surface area contributed by atoms with E-state index in [0.29, 0.717) is 11.6 Å². The Kier molecular flexibility index (Phi) is 4.84. The third kappa shape index (κ3) is 4.45. The number of alkyl carbamates (subject to hydrolysis) is 1. The molecule has 0 aliphatic carbocycles. The number of thioether (sulfide) groups is 1. The van der Waals surface area contributed by atoms with Gasteiger partial charge >= 0.3 is 6.09 Å². The molecule has 1 fully saturated rings. The maximum Gasteiger partial charge on any atom is 0.408 e. The van der Waals surface area contributed by atoms with Crippen LogP contribution in [0.5, 0.6) is 0 Å². The van der Waals surface area contributed by atoms with E-state index in [1.165, 1.54) is 16.7 Å². The van der Waals surface area contributed by atoms with E-state index in [9.17, 15) is 9.59 Å². The Morgan fingerprint density at radius 1 is 1.56 bits per heavy atom. The summed E-state index contributed by atoms with van der Waals surface area (Å²) in [6.45, 7) is 5.12. The first-order valence-electron chi connectivity index (χ1n) is 5.55. The van der Waals surface area contributed by atoms with Gasteiger partial charge in [-0.15, -0.1) is 11.8 Å². The monoisotopic (exact) mass is 271 g/mol. The van der Waals surface area contributed by atoms with Crippen molar-refractivity contribution in [2.24, 2.45) is 0 Å². The van der Waals surface area contributed by atoms with E-state index in [1.807, 2.05) is 26.8 Å². The Labute approximate surface area is 111 Å². The minimum Gasteiger partial charge on any atom is -0.439 e. The highest BCUT2D eigenvalue weighted by atomic mass is 32.2. The molecule has 0 aromatic rings. The van der Waals surface area contributed by atoms with E-state index in [2.05, 4.69) is 5.32 Å². The summed E-state index contributed by atoms with van der Waals surface area (Å²) in [6.07, 6.45) is -0.629. The first-order valence-corrected chi connectivity index (χ1v) is 6.71. The maximum atomic E-state index is 11.7. The molecule has 0 radical (unpaired) electrons. The predicted octanol–water partition coefficient (Wildman–Crippen LogP) is 0.936. The number of rotatable bonds is 2. The summed E-state index contributed by atoms with van der Waals surface area (Å²) >= 11 is 1.51. The molecule has 6 nitrogen and oxygen atoms in total. The van der Waals surface area contributed by atoms with Crippen molar-refractivity contribution in [1.82, 2.24) is 10.2 Å². The topological polar surface area (TPSA) is 82.4 Å². The Morgan fingerprint density at radius 2 is 2.22 bits per heavy atom. The molecule has 7 heteroatoms. The van der Waals surface area contributed by atoms with Gasteiger partial charge in [0.1, 0.15) is 6.04 Å². The Hall–Kier alpha value is -1.42. The van der Waals surface area contributed by atoms with Crippen molar-refractivity contribution in [3.05, 3.63) is 0 Å². The highest BCUT2D eigenvalue weighted by Crippen LogP contribution is 2.20. The molecule has 0 bridgehead atoms. The van der Waals surface area contributed by atoms with Crippen molar-refractivity contribution in [2.75, 3.05) is 18.2 Å². The van der Waals surface area contributed by atoms with Crippen LogP contribution in [0.15, 0.2) is 0 Å². The molecule has 1 aliphatic rings. The predicted molar refractivity (Wildman–Crippen MR) is 67.8 cm³/mol. The zero-order chi connectivity index (χ0) is 13.8. The van der Waals surface area contributed by atoms with E-state index in [4.69, 9.17) is 10.00 Å². The zero-order valence-corrected chi connectivity index (χ0v) is 11.5. The molecule has 0 spiro atoms. The second kappa shape index (κ2) is 5.96. The molecule has 100 valence electrons. The highest BCUT2D eigenvalue weighted by molar-refractivity contribution is 7.99. The van der Waals surface area contributed by atoms with Crippen molar-refractivity contribution < 1.29 is 14.3 Å². The molecule has 1 N–H and O–H groups in total. The van der Waals surface area contributed by atoms with Gasteiger partial charge in [-0.2, -0.15) is 5.26 Å². The molecule has 2 amide bonds. The number of nitriles is 1. The zero-order valence-electron chi connectivity index (χ0n) is 10.7. The third-order valence-electron chi connectivity index (χ3n) is 2.16. The SMILES string of the molecule is CC(C)(C)NC(=O)OCC(=O)N1CSC[C@H]1C#N. The molecule has 18 heavy (non-hydrogen) atoms. The van der Waals surface area contributed by atoms with Crippen LogP contribution < -0.4 is 5.32 Å². The van der Waals surface area contributed by atoms with Gasteiger partial charge in [0.15, 0.2) is 6.61 Å². The molecule has 1 aliphatic heterocycles. The van der Waals surface area contributed by atoms with E-state index >= 15 is 0 Å². The second-order valence-corrected chi connectivity index (χ2v) is 5.96. The van der Waals surface area contributed by atoms with Crippen LogP contribution in [0.1, 0.15) is 20.8 Å². The smallest absolute Gasteiger partial charge is 0.408 e. The van der Waals surface area contributed by atoms with Crippen molar-refractivity contribution in [2.45, 2.75) is 32.4 Å². The molecule has 0 aromatic heterocycles. The van der Waals surface area contributed by atoms with E-state index in [-0.39, 0.29) is 12.5 Å². The number of carbonyl (C=O) groups is 2. The number of amides is 2. The summed E-state index contributed by atoms with van der Waals surface area (Å²) in [4.78, 5) is 24.5. The van der Waals surface area contributed by atoms with Crippen LogP contribution in [0, 0.1) is 11.3 Å². The van der Waals surface area contributed by atoms with Gasteiger partial charge in [0, 0.05) is 11.3 Å². The number of ether oxygens (including phenoxy) is 1. The Bertz CT molecular complexity index is 373. The number of hydrogen-bond donors (Lipinski definition) is 1. The van der Waals surface area contributed by atoms with Gasteiger partial charge in [0.05, 0.1) is 11.9 Å². The van der Waals surface area contributed by atoms with Crippen LogP contribution in [0.3, 0.4) is 0 Å². The van der Waals surface area contributed by atoms with Gasteiger partial charge < -0.3 is 15.0 Å². The van der Waals surface area contributed by atoms with Crippen LogP contribution in [0.25, 0.3) is 0 Å². The molecule has 0 aromatic carbocycles. The van der Waals surface area contributed by atoms with Gasteiger partial charge in [-0.25, -0.2) is 4.79 Å². The summed E-state index contributed by atoms with van der Waals surface area (Å²) in [5, 5.41) is 11.4. The standard InChI is InChI=1S/C11H17N3O3S/c1-11(2,3)13-10(16)17-5-9(15)14-7-18-6-8(14)4-12/h8H,5-7H2,1-3H3,(H,13,16)/t8-/m1/s1. The van der Waals surface area contributed by atoms with Crippen LogP contribution in [0.2, 0.25) is 0 Å². The molecule has 1 rings (SSSR count). The molecular formula is C11H17N3O3S. The molecule has 0 unspecified atom stereocenters. The number of carbonyl (C=O) groups excluding carboxylic acids is 2. The fourth-order valence-electron chi connectivity index (χ4n) is 1.35. The fraction of sp³-hybridized carbons (Fsp3) is 0.727. The lowest BCUT2D eigenvalue weighted by atomic mass is 10.1. The number of nitrogens with zero attached hydrogens (tertiary/aromatic N) is 2. The normalized spacial score (nSPS) is 19.2. The Morgan fingerprint density at radius 3 is 2.78 bits per heavy atom. The van der Waals surface area contributed by atoms with Gasteiger partial charge in [-0.05, 0) is 20.8 Å². The van der Waals surface area contributed by atoms with Crippen LogP contribution >= 0.6 is 11.8 Å². The average molecular weight is 271 g/mol. The lowest BCUT2D eigenvalue weighted by Crippen LogP contribution is -2.43. The van der Waals surface area contributed by atoms with Crippen molar-refractivity contribution in [3.63, 3.8) is 0 Å². The number of nitrogens with one attached hydrogen (secondary N) is 1. The summed E-state index contributed by atoms with van der Waals surface area (Å²) in [5.41, 5.74) is -0.404. The van der Waals surface area contributed by atoms with Crippen LogP contribution in [-0.4, -0.2) is 46.7 Å². The van der Waals surface area contributed by atoms with Crippen molar-refractivity contribution in [1.29, 1.82) is 5.26 Å². The van der Waals surface area contributed by atoms with Gasteiger partial charge in [0.25, 0.3) is 5.91 Å². The summed E-state index contributed by atoms with van der Waals surface area (Å²) in [6, 6.07) is 1.63. The Balaban J connectivity index is 2.38. The van der Waals surface area contributed by atoms with Crippen LogP contribution in [-0.2, 0) is 9.53 Å². The molecular weight excluding hydrogens is 254 g/mol. The lowest BCUT2D eigenvalue weighted by molar-refractivity contribution is -0.133. The molecule has 1 atom stereocenters. The molecule has 0 saturated carbocycles. The van der Waals surface area contributed by atoms with E-state index in [0.717, 1.165) is 0 Å². The largest absolute Gasteiger partial charge is 0.439 e. The minimum atomic E-state index is -0.629. The summed E-state index contributed by atoms with van der Waals surface area (Å²) in [7, 11) is 0. The van der Waals surface area contributed by atoms with E-state index < -0.39 is 17.7 Å². The molecule has 1 saturated heterocycles. The number of hydrogen-bond acceptors (Lipinski definition) is 5. The van der Waals surface area contributed by atoms with Gasteiger partial charge in [0.2, 0.25) is 0 Å². The molecule has 1 heterocycles. The summed E-state index contributed by atoms with van der Waals surface area (Å²) < 4.78 is 4.83. The first-order chi connectivity index (χ1) is 8.33. The average Bonchev–Trinajstić information content (AvgIpc) is 2.71. The third-order valence-corrected chi connectivity index (χ3v) is 3.17. The lowest BCUT2D eigenvalue weighted by Gasteiger charge is -2.21.